The van der Waals surface area contributed by atoms with Crippen molar-refractivity contribution in [1.29, 1.82) is 0 Å². The van der Waals surface area contributed by atoms with Gasteiger partial charge in [0.2, 0.25) is 0 Å². The molecule has 0 aliphatic carbocycles. The minimum absolute atomic E-state index is 0. The zero-order valence-corrected chi connectivity index (χ0v) is 13.2. The van der Waals surface area contributed by atoms with Crippen LogP contribution >= 0.6 is 28.3 Å². The van der Waals surface area contributed by atoms with Gasteiger partial charge < -0.3 is 10.6 Å². The average Bonchev–Trinajstić information content (AvgIpc) is 2.66. The van der Waals surface area contributed by atoms with E-state index < -0.39 is 0 Å². The van der Waals surface area contributed by atoms with E-state index in [1.807, 2.05) is 20.9 Å². The van der Waals surface area contributed by atoms with E-state index in [2.05, 4.69) is 36.8 Å². The molecule has 0 aromatic carbocycles. The van der Waals surface area contributed by atoms with Gasteiger partial charge in [0.05, 0.1) is 10.2 Å². The summed E-state index contributed by atoms with van der Waals surface area (Å²) in [5.74, 6) is 0.166. The number of halogens is 2. The van der Waals surface area contributed by atoms with Crippen LogP contribution in [0, 0.1) is 0 Å². The Morgan fingerprint density at radius 3 is 2.61 bits per heavy atom. The molecule has 18 heavy (non-hydrogen) atoms. The maximum atomic E-state index is 11.8. The molecule has 0 bridgehead atoms. The molecule has 0 saturated heterocycles. The lowest BCUT2D eigenvalue weighted by Crippen LogP contribution is -2.27. The van der Waals surface area contributed by atoms with Crippen molar-refractivity contribution < 1.29 is 4.79 Å². The second kappa shape index (κ2) is 8.50. The summed E-state index contributed by atoms with van der Waals surface area (Å²) in [5, 5.41) is 12.8. The number of aromatic nitrogens is 2. The van der Waals surface area contributed by atoms with E-state index in [0.29, 0.717) is 18.2 Å². The smallest absolute Gasteiger partial charge is 0.272 e. The highest BCUT2D eigenvalue weighted by Crippen LogP contribution is 2.25. The fourth-order valence-corrected chi connectivity index (χ4v) is 2.24. The average molecular weight is 340 g/mol. The molecule has 0 radical (unpaired) electrons. The molecule has 7 heteroatoms. The molecule has 0 saturated carbocycles. The third kappa shape index (κ3) is 4.59. The van der Waals surface area contributed by atoms with Crippen molar-refractivity contribution in [3.8, 4) is 0 Å². The second-order valence-corrected chi connectivity index (χ2v) is 4.96. The van der Waals surface area contributed by atoms with Crippen molar-refractivity contribution in [3.63, 3.8) is 0 Å². The first kappa shape index (κ1) is 17.4. The molecule has 1 aromatic heterocycles. The molecule has 1 amide bonds. The Bertz CT molecular complexity index is 381. The van der Waals surface area contributed by atoms with Crippen LogP contribution in [0.4, 0.5) is 0 Å². The van der Waals surface area contributed by atoms with E-state index in [1.165, 1.54) is 0 Å². The third-order valence-electron chi connectivity index (χ3n) is 2.41. The van der Waals surface area contributed by atoms with Crippen molar-refractivity contribution in [2.75, 3.05) is 20.1 Å². The van der Waals surface area contributed by atoms with Gasteiger partial charge in [-0.1, -0.05) is 13.8 Å². The van der Waals surface area contributed by atoms with Gasteiger partial charge in [-0.05, 0) is 41.9 Å². The first-order valence-corrected chi connectivity index (χ1v) is 6.53. The second-order valence-electron chi connectivity index (χ2n) is 4.17. The van der Waals surface area contributed by atoms with Gasteiger partial charge in [0, 0.05) is 6.54 Å². The standard InChI is InChI=1S/C11H19BrN4O.ClH/c1-7(2)9-8(12)10(16-15-9)11(17)14-6-4-5-13-3;/h7,13H,4-6H2,1-3H3,(H,14,17)(H,15,16);1H. The van der Waals surface area contributed by atoms with E-state index in [9.17, 15) is 4.79 Å². The summed E-state index contributed by atoms with van der Waals surface area (Å²) in [6.07, 6.45) is 0.904. The van der Waals surface area contributed by atoms with E-state index in [1.54, 1.807) is 0 Å². The van der Waals surface area contributed by atoms with Gasteiger partial charge in [0.1, 0.15) is 0 Å². The summed E-state index contributed by atoms with van der Waals surface area (Å²) < 4.78 is 0.763. The van der Waals surface area contributed by atoms with Crippen LogP contribution in [-0.4, -0.2) is 36.2 Å². The van der Waals surface area contributed by atoms with Crippen molar-refractivity contribution in [2.24, 2.45) is 0 Å². The molecule has 1 heterocycles. The van der Waals surface area contributed by atoms with Crippen LogP contribution < -0.4 is 10.6 Å². The van der Waals surface area contributed by atoms with E-state index in [4.69, 9.17) is 0 Å². The molecule has 5 nitrogen and oxygen atoms in total. The fourth-order valence-electron chi connectivity index (χ4n) is 1.43. The van der Waals surface area contributed by atoms with Crippen LogP contribution in [0.3, 0.4) is 0 Å². The van der Waals surface area contributed by atoms with Crippen molar-refractivity contribution in [1.82, 2.24) is 20.8 Å². The molecule has 0 fully saturated rings. The normalized spacial score (nSPS) is 10.3. The molecule has 0 unspecified atom stereocenters. The lowest BCUT2D eigenvalue weighted by molar-refractivity contribution is 0.0947. The number of nitrogens with zero attached hydrogens (tertiary/aromatic N) is 1. The molecule has 0 aliphatic rings. The Morgan fingerprint density at radius 1 is 1.44 bits per heavy atom. The fraction of sp³-hybridized carbons (Fsp3) is 0.636. The van der Waals surface area contributed by atoms with Gasteiger partial charge in [-0.3, -0.25) is 9.89 Å². The highest BCUT2D eigenvalue weighted by Gasteiger charge is 2.18. The van der Waals surface area contributed by atoms with Gasteiger partial charge >= 0.3 is 0 Å². The molecule has 104 valence electrons. The number of rotatable bonds is 6. The van der Waals surface area contributed by atoms with Crippen LogP contribution in [0.2, 0.25) is 0 Å². The van der Waals surface area contributed by atoms with Gasteiger partial charge in [-0.15, -0.1) is 12.4 Å². The monoisotopic (exact) mass is 338 g/mol. The molecule has 1 rings (SSSR count). The predicted molar refractivity (Wildman–Crippen MR) is 78.5 cm³/mol. The van der Waals surface area contributed by atoms with Gasteiger partial charge in [0.15, 0.2) is 5.69 Å². The summed E-state index contributed by atoms with van der Waals surface area (Å²) in [6.45, 7) is 5.63. The molecule has 0 atom stereocenters. The number of hydrogen-bond acceptors (Lipinski definition) is 3. The number of carbonyl (C=O) groups is 1. The largest absolute Gasteiger partial charge is 0.351 e. The first-order chi connectivity index (χ1) is 8.07. The lowest BCUT2D eigenvalue weighted by atomic mass is 10.1. The van der Waals surface area contributed by atoms with Crippen LogP contribution in [-0.2, 0) is 0 Å². The summed E-state index contributed by atoms with van der Waals surface area (Å²) in [5.41, 5.74) is 1.38. The maximum Gasteiger partial charge on any atom is 0.272 e. The van der Waals surface area contributed by atoms with Crippen LogP contribution in [0.25, 0.3) is 0 Å². The summed E-state index contributed by atoms with van der Waals surface area (Å²) in [7, 11) is 1.89. The van der Waals surface area contributed by atoms with Crippen molar-refractivity contribution in [2.45, 2.75) is 26.2 Å². The number of aromatic amines is 1. The SMILES string of the molecule is CNCCCNC(=O)c1n[nH]c(C(C)C)c1Br.Cl. The molecule has 0 spiro atoms. The van der Waals surface area contributed by atoms with Crippen LogP contribution in [0.5, 0.6) is 0 Å². The highest BCUT2D eigenvalue weighted by atomic mass is 79.9. The molecule has 1 aromatic rings. The quantitative estimate of drug-likeness (QED) is 0.695. The Hall–Kier alpha value is -0.590. The summed E-state index contributed by atoms with van der Waals surface area (Å²) in [6, 6.07) is 0. The predicted octanol–water partition coefficient (Wildman–Crippen LogP) is 2.06. The topological polar surface area (TPSA) is 69.8 Å². The van der Waals surface area contributed by atoms with E-state index >= 15 is 0 Å². The van der Waals surface area contributed by atoms with Crippen LogP contribution in [0.1, 0.15) is 42.4 Å². The Kier molecular flexibility index (Phi) is 8.22. The van der Waals surface area contributed by atoms with E-state index in [0.717, 1.165) is 23.1 Å². The van der Waals surface area contributed by atoms with Gasteiger partial charge in [-0.25, -0.2) is 0 Å². The molecular formula is C11H20BrClN4O. The highest BCUT2D eigenvalue weighted by molar-refractivity contribution is 9.10. The zero-order valence-electron chi connectivity index (χ0n) is 10.8. The third-order valence-corrected chi connectivity index (χ3v) is 3.22. The number of amides is 1. The minimum atomic E-state index is -0.142. The number of carbonyl (C=O) groups excluding carboxylic acids is 1. The van der Waals surface area contributed by atoms with Gasteiger partial charge in [-0.2, -0.15) is 5.10 Å². The van der Waals surface area contributed by atoms with Crippen molar-refractivity contribution >= 4 is 34.2 Å². The van der Waals surface area contributed by atoms with Crippen molar-refractivity contribution in [3.05, 3.63) is 15.9 Å². The van der Waals surface area contributed by atoms with E-state index in [-0.39, 0.29) is 18.3 Å². The maximum absolute atomic E-state index is 11.8. The van der Waals surface area contributed by atoms with Gasteiger partial charge in [0.25, 0.3) is 5.91 Å². The molecule has 0 aliphatic heterocycles. The zero-order chi connectivity index (χ0) is 12.8. The lowest BCUT2D eigenvalue weighted by Gasteiger charge is -2.04. The molecular weight excluding hydrogens is 320 g/mol. The Labute approximate surface area is 122 Å². The first-order valence-electron chi connectivity index (χ1n) is 5.74. The Balaban J connectivity index is 0.00000289. The summed E-state index contributed by atoms with van der Waals surface area (Å²) >= 11 is 3.41. The van der Waals surface area contributed by atoms with Crippen LogP contribution in [0.15, 0.2) is 4.47 Å². The summed E-state index contributed by atoms with van der Waals surface area (Å²) in [4.78, 5) is 11.8. The number of hydrogen-bond donors (Lipinski definition) is 3. The number of H-pyrrole nitrogens is 1. The Morgan fingerprint density at radius 2 is 2.11 bits per heavy atom. The molecule has 3 N–H and O–H groups in total. The number of nitrogens with one attached hydrogen (secondary N) is 3. The minimum Gasteiger partial charge on any atom is -0.351 e.